The molecule has 0 bridgehead atoms. The van der Waals surface area contributed by atoms with Crippen molar-refractivity contribution in [3.63, 3.8) is 0 Å². The number of rotatable bonds is 2. The Kier molecular flexibility index (Phi) is 2.47. The summed E-state index contributed by atoms with van der Waals surface area (Å²) in [6.45, 7) is 3.25. The Morgan fingerprint density at radius 3 is 2.31 bits per heavy atom. The van der Waals surface area contributed by atoms with Crippen molar-refractivity contribution in [2.75, 3.05) is 5.75 Å². The van der Waals surface area contributed by atoms with Crippen molar-refractivity contribution in [2.45, 2.75) is 4.90 Å². The Bertz CT molecular complexity index is 408. The third-order valence-corrected chi connectivity index (χ3v) is 3.08. The molecule has 0 fully saturated rings. The van der Waals surface area contributed by atoms with Crippen molar-refractivity contribution in [1.82, 2.24) is 0 Å². The first-order valence-corrected chi connectivity index (χ1v) is 5.16. The fourth-order valence-corrected chi connectivity index (χ4v) is 1.62. The molecule has 1 aromatic carbocycles. The summed E-state index contributed by atoms with van der Waals surface area (Å²) in [5.74, 6) is -1.07. The van der Waals surface area contributed by atoms with Crippen LogP contribution in [-0.4, -0.2) is 24.4 Å². The van der Waals surface area contributed by atoms with E-state index < -0.39 is 15.6 Å². The number of phenolic OH excluding ortho intramolecular Hbond substituents is 2. The van der Waals surface area contributed by atoms with Gasteiger partial charge in [0.2, 0.25) is 0 Å². The monoisotopic (exact) mass is 201 g/mol. The third kappa shape index (κ3) is 1.92. The molecule has 0 atom stereocenters. The van der Waals surface area contributed by atoms with Gasteiger partial charge < -0.3 is 10.2 Å². The molecule has 13 heavy (non-hydrogen) atoms. The summed E-state index contributed by atoms with van der Waals surface area (Å²) in [6, 6.07) is 3.34. The molecule has 0 aliphatic carbocycles. The molecule has 0 saturated heterocycles. The average molecular weight is 201 g/mol. The van der Waals surface area contributed by atoms with Gasteiger partial charge in [0.1, 0.15) is 0 Å². The summed E-state index contributed by atoms with van der Waals surface area (Å²) in [5.41, 5.74) is 0. The van der Waals surface area contributed by atoms with E-state index in [1.807, 2.05) is 0 Å². The molecule has 1 rings (SSSR count). The van der Waals surface area contributed by atoms with Gasteiger partial charge in [-0.25, -0.2) is 8.42 Å². The van der Waals surface area contributed by atoms with Crippen molar-refractivity contribution in [1.29, 1.82) is 0 Å². The van der Waals surface area contributed by atoms with Gasteiger partial charge in [-0.1, -0.05) is 0 Å². The van der Waals surface area contributed by atoms with E-state index in [1.165, 1.54) is 6.07 Å². The lowest BCUT2D eigenvalue weighted by Gasteiger charge is -2.02. The van der Waals surface area contributed by atoms with Crippen LogP contribution in [0.1, 0.15) is 0 Å². The normalized spacial score (nSPS) is 11.5. The quantitative estimate of drug-likeness (QED) is 0.691. The van der Waals surface area contributed by atoms with Crippen molar-refractivity contribution < 1.29 is 18.6 Å². The topological polar surface area (TPSA) is 74.6 Å². The number of aromatic hydroxyl groups is 2. The van der Waals surface area contributed by atoms with Crippen LogP contribution in [0.5, 0.6) is 11.5 Å². The van der Waals surface area contributed by atoms with Gasteiger partial charge in [0.15, 0.2) is 21.3 Å². The van der Waals surface area contributed by atoms with Gasteiger partial charge in [-0.3, -0.25) is 0 Å². The lowest BCUT2D eigenvalue weighted by atomic mass is 10.3. The molecular formula is C8H9O4S. The minimum atomic E-state index is -3.42. The second kappa shape index (κ2) is 3.26. The van der Waals surface area contributed by atoms with Crippen LogP contribution in [0.3, 0.4) is 0 Å². The summed E-state index contributed by atoms with van der Waals surface area (Å²) in [5, 5.41) is 17.9. The first-order chi connectivity index (χ1) is 5.97. The molecule has 0 aromatic heterocycles. The van der Waals surface area contributed by atoms with E-state index in [9.17, 15) is 8.42 Å². The number of hydrogen-bond donors (Lipinski definition) is 2. The highest BCUT2D eigenvalue weighted by atomic mass is 32.2. The summed E-state index contributed by atoms with van der Waals surface area (Å²) in [4.78, 5) is -0.0437. The molecule has 0 aliphatic rings. The van der Waals surface area contributed by atoms with Crippen LogP contribution in [0.25, 0.3) is 0 Å². The van der Waals surface area contributed by atoms with E-state index in [1.54, 1.807) is 0 Å². The molecule has 1 radical (unpaired) electrons. The van der Waals surface area contributed by atoms with Gasteiger partial charge in [-0.2, -0.15) is 0 Å². The molecule has 0 heterocycles. The predicted molar refractivity (Wildman–Crippen MR) is 47.2 cm³/mol. The summed E-state index contributed by atoms with van der Waals surface area (Å²) >= 11 is 0. The fourth-order valence-electron chi connectivity index (χ4n) is 0.815. The minimum absolute atomic E-state index is 0.0437. The van der Waals surface area contributed by atoms with Crippen LogP contribution in [0, 0.1) is 6.92 Å². The molecular weight excluding hydrogens is 192 g/mol. The molecule has 4 nitrogen and oxygen atoms in total. The largest absolute Gasteiger partial charge is 0.504 e. The zero-order valence-corrected chi connectivity index (χ0v) is 7.58. The molecule has 5 heteroatoms. The highest BCUT2D eigenvalue weighted by Crippen LogP contribution is 2.27. The molecule has 0 saturated carbocycles. The van der Waals surface area contributed by atoms with Crippen LogP contribution in [0.4, 0.5) is 0 Å². The first kappa shape index (κ1) is 9.85. The summed E-state index contributed by atoms with van der Waals surface area (Å²) < 4.78 is 22.4. The number of benzene rings is 1. The molecule has 2 N–H and O–H groups in total. The molecule has 0 aliphatic heterocycles. The fraction of sp³-hybridized carbons (Fsp3) is 0.125. The lowest BCUT2D eigenvalue weighted by Crippen LogP contribution is -2.03. The van der Waals surface area contributed by atoms with Crippen LogP contribution in [0.15, 0.2) is 23.1 Å². The summed E-state index contributed by atoms with van der Waals surface area (Å²) in [6.07, 6.45) is 0. The van der Waals surface area contributed by atoms with E-state index in [0.717, 1.165) is 12.1 Å². The maximum Gasteiger partial charge on any atom is 0.178 e. The minimum Gasteiger partial charge on any atom is -0.504 e. The number of sulfone groups is 1. The van der Waals surface area contributed by atoms with Crippen LogP contribution < -0.4 is 0 Å². The maximum atomic E-state index is 11.2. The molecule has 0 unspecified atom stereocenters. The van der Waals surface area contributed by atoms with E-state index >= 15 is 0 Å². The van der Waals surface area contributed by atoms with Crippen molar-refractivity contribution in [3.8, 4) is 11.5 Å². The van der Waals surface area contributed by atoms with E-state index in [-0.39, 0.29) is 16.4 Å². The zero-order chi connectivity index (χ0) is 10.1. The van der Waals surface area contributed by atoms with Crippen LogP contribution in [0.2, 0.25) is 0 Å². The zero-order valence-electron chi connectivity index (χ0n) is 6.77. The summed E-state index contributed by atoms with van der Waals surface area (Å²) in [7, 11) is -3.42. The van der Waals surface area contributed by atoms with Crippen LogP contribution >= 0.6 is 0 Å². The Morgan fingerprint density at radius 1 is 1.23 bits per heavy atom. The van der Waals surface area contributed by atoms with Gasteiger partial charge in [-0.05, 0) is 19.1 Å². The average Bonchev–Trinajstić information content (AvgIpc) is 2.09. The smallest absolute Gasteiger partial charge is 0.178 e. The second-order valence-corrected chi connectivity index (χ2v) is 4.58. The maximum absolute atomic E-state index is 11.2. The molecule has 0 spiro atoms. The first-order valence-electron chi connectivity index (χ1n) is 3.51. The Morgan fingerprint density at radius 2 is 1.85 bits per heavy atom. The van der Waals surface area contributed by atoms with Gasteiger partial charge in [0.05, 0.1) is 10.6 Å². The molecule has 1 aromatic rings. The van der Waals surface area contributed by atoms with E-state index in [4.69, 9.17) is 10.2 Å². The number of hydrogen-bond acceptors (Lipinski definition) is 4. The Hall–Kier alpha value is -1.23. The highest BCUT2D eigenvalue weighted by Gasteiger charge is 2.13. The van der Waals surface area contributed by atoms with E-state index in [0.29, 0.717) is 0 Å². The van der Waals surface area contributed by atoms with Crippen LogP contribution in [-0.2, 0) is 9.84 Å². The SMILES string of the molecule is [CH2]CS(=O)(=O)c1ccc(O)c(O)c1. The molecule has 0 amide bonds. The van der Waals surface area contributed by atoms with E-state index in [2.05, 4.69) is 6.92 Å². The Labute approximate surface area is 76.4 Å². The lowest BCUT2D eigenvalue weighted by molar-refractivity contribution is 0.402. The van der Waals surface area contributed by atoms with Gasteiger partial charge in [0, 0.05) is 6.07 Å². The number of phenols is 2. The van der Waals surface area contributed by atoms with Gasteiger partial charge in [-0.15, -0.1) is 0 Å². The Balaban J connectivity index is 3.27. The standard InChI is InChI=1S/C8H9O4S/c1-2-13(11,12)6-3-4-7(9)8(10)5-6/h3-5,9-10H,1-2H2. The van der Waals surface area contributed by atoms with Crippen molar-refractivity contribution in [2.24, 2.45) is 0 Å². The second-order valence-electron chi connectivity index (χ2n) is 2.47. The van der Waals surface area contributed by atoms with Crippen molar-refractivity contribution in [3.05, 3.63) is 25.1 Å². The highest BCUT2D eigenvalue weighted by molar-refractivity contribution is 7.91. The predicted octanol–water partition coefficient (Wildman–Crippen LogP) is 0.706. The molecule has 71 valence electrons. The van der Waals surface area contributed by atoms with Gasteiger partial charge in [0.25, 0.3) is 0 Å². The van der Waals surface area contributed by atoms with Gasteiger partial charge >= 0.3 is 0 Å². The van der Waals surface area contributed by atoms with Crippen molar-refractivity contribution >= 4 is 9.84 Å². The third-order valence-electron chi connectivity index (χ3n) is 1.57.